The molecule has 0 radical (unpaired) electrons. The van der Waals surface area contributed by atoms with Gasteiger partial charge in [-0.25, -0.2) is 10.1 Å². The SMILES string of the molecule is CCOc1cc(-c2ccc(O)c(OCC(=O)I)c2)ccc1-c1nc2[nH]nnc2c(=O)[nH]1. The number of nitrogens with zero attached hydrogens (tertiary/aromatic N) is 3. The monoisotopic (exact) mass is 533 g/mol. The van der Waals surface area contributed by atoms with Gasteiger partial charge >= 0.3 is 0 Å². The number of phenols is 1. The number of aromatic nitrogens is 5. The summed E-state index contributed by atoms with van der Waals surface area (Å²) in [7, 11) is 0. The van der Waals surface area contributed by atoms with Crippen LogP contribution in [0.25, 0.3) is 33.7 Å². The van der Waals surface area contributed by atoms with Crippen LogP contribution in [0.4, 0.5) is 0 Å². The number of hydrogen-bond acceptors (Lipinski definition) is 8. The first-order chi connectivity index (χ1) is 15.0. The smallest absolute Gasteiger partial charge is 0.281 e. The van der Waals surface area contributed by atoms with Gasteiger partial charge in [-0.2, -0.15) is 0 Å². The summed E-state index contributed by atoms with van der Waals surface area (Å²) >= 11 is 1.63. The number of ether oxygens (including phenoxy) is 2. The number of benzene rings is 2. The van der Waals surface area contributed by atoms with Crippen LogP contribution in [-0.4, -0.2) is 47.5 Å². The molecular formula is C20H16IN5O5. The average molecular weight is 533 g/mol. The maximum Gasteiger partial charge on any atom is 0.281 e. The quantitative estimate of drug-likeness (QED) is 0.243. The molecular weight excluding hydrogens is 517 g/mol. The molecule has 158 valence electrons. The molecule has 0 aliphatic carbocycles. The van der Waals surface area contributed by atoms with Gasteiger partial charge in [-0.05, 0) is 42.3 Å². The van der Waals surface area contributed by atoms with Crippen molar-refractivity contribution in [3.8, 4) is 39.8 Å². The number of fused-ring (bicyclic) bond motifs is 1. The van der Waals surface area contributed by atoms with Crippen molar-refractivity contribution in [1.82, 2.24) is 25.4 Å². The molecule has 11 heteroatoms. The van der Waals surface area contributed by atoms with E-state index in [2.05, 4.69) is 25.4 Å². The van der Waals surface area contributed by atoms with Crippen molar-refractivity contribution in [3.05, 3.63) is 46.8 Å². The van der Waals surface area contributed by atoms with Crippen LogP contribution in [0.5, 0.6) is 17.2 Å². The Morgan fingerprint density at radius 3 is 2.61 bits per heavy atom. The molecule has 10 nitrogen and oxygen atoms in total. The zero-order chi connectivity index (χ0) is 22.0. The van der Waals surface area contributed by atoms with E-state index in [0.717, 1.165) is 11.1 Å². The molecule has 4 rings (SSSR count). The van der Waals surface area contributed by atoms with E-state index in [9.17, 15) is 14.7 Å². The summed E-state index contributed by atoms with van der Waals surface area (Å²) in [6, 6.07) is 10.3. The van der Waals surface area contributed by atoms with Gasteiger partial charge in [0.05, 0.1) is 12.2 Å². The van der Waals surface area contributed by atoms with Crippen molar-refractivity contribution in [2.45, 2.75) is 6.92 Å². The van der Waals surface area contributed by atoms with E-state index in [-0.39, 0.29) is 33.1 Å². The van der Waals surface area contributed by atoms with Crippen LogP contribution >= 0.6 is 22.6 Å². The predicted octanol–water partition coefficient (Wildman–Crippen LogP) is 2.82. The minimum absolute atomic E-state index is 0.0636. The number of halogens is 1. The van der Waals surface area contributed by atoms with Crippen LogP contribution in [0.1, 0.15) is 6.92 Å². The predicted molar refractivity (Wildman–Crippen MR) is 121 cm³/mol. The molecule has 0 fully saturated rings. The molecule has 0 saturated carbocycles. The minimum atomic E-state index is -0.412. The Hall–Kier alpha value is -3.48. The van der Waals surface area contributed by atoms with Gasteiger partial charge in [0.2, 0.25) is 3.79 Å². The second-order valence-electron chi connectivity index (χ2n) is 6.39. The van der Waals surface area contributed by atoms with E-state index in [1.54, 1.807) is 46.9 Å². The van der Waals surface area contributed by atoms with E-state index in [0.29, 0.717) is 23.7 Å². The Balaban J connectivity index is 1.76. The third-order valence-corrected chi connectivity index (χ3v) is 4.68. The lowest BCUT2D eigenvalue weighted by Crippen LogP contribution is -2.10. The number of H-pyrrole nitrogens is 2. The highest BCUT2D eigenvalue weighted by Crippen LogP contribution is 2.36. The standard InChI is InChI=1S/C20H16IN5O5/c1-2-30-14-7-10(11-4-6-13(27)15(8-11)31-9-16(21)28)3-5-12(14)18-22-19-17(20(29)23-18)24-26-25-19/h3-8,27H,2,9H2,1H3,(H2,22,23,24,25,26,29). The van der Waals surface area contributed by atoms with Gasteiger partial charge in [0.25, 0.3) is 5.56 Å². The third kappa shape index (κ3) is 4.35. The van der Waals surface area contributed by atoms with Crippen molar-refractivity contribution in [2.24, 2.45) is 0 Å². The Kier molecular flexibility index (Phi) is 5.84. The van der Waals surface area contributed by atoms with Crippen LogP contribution in [0, 0.1) is 0 Å². The summed E-state index contributed by atoms with van der Waals surface area (Å²) in [6.07, 6.45) is 0. The molecule has 3 N–H and O–H groups in total. The molecule has 0 spiro atoms. The summed E-state index contributed by atoms with van der Waals surface area (Å²) in [4.78, 5) is 30.5. The van der Waals surface area contributed by atoms with Gasteiger partial charge in [0, 0.05) is 22.6 Å². The van der Waals surface area contributed by atoms with Crippen molar-refractivity contribution in [1.29, 1.82) is 0 Å². The number of carbonyl (C=O) groups excluding carboxylic acids is 1. The zero-order valence-electron chi connectivity index (χ0n) is 16.2. The van der Waals surface area contributed by atoms with Crippen LogP contribution in [0.2, 0.25) is 0 Å². The molecule has 31 heavy (non-hydrogen) atoms. The Morgan fingerprint density at radius 2 is 1.87 bits per heavy atom. The molecule has 0 aliphatic rings. The van der Waals surface area contributed by atoms with Gasteiger partial charge < -0.3 is 19.6 Å². The van der Waals surface area contributed by atoms with Crippen LogP contribution in [0.15, 0.2) is 41.2 Å². The fourth-order valence-electron chi connectivity index (χ4n) is 3.00. The first-order valence-electron chi connectivity index (χ1n) is 9.19. The molecule has 0 amide bonds. The van der Waals surface area contributed by atoms with Gasteiger partial charge in [0.1, 0.15) is 11.6 Å². The fourth-order valence-corrected chi connectivity index (χ4v) is 3.16. The molecule has 0 saturated heterocycles. The second kappa shape index (κ2) is 8.71. The molecule has 0 bridgehead atoms. The number of hydrogen-bond donors (Lipinski definition) is 3. The summed E-state index contributed by atoms with van der Waals surface area (Å²) < 4.78 is 11.0. The minimum Gasteiger partial charge on any atom is -0.504 e. The lowest BCUT2D eigenvalue weighted by molar-refractivity contribution is -0.111. The lowest BCUT2D eigenvalue weighted by atomic mass is 10.0. The van der Waals surface area contributed by atoms with E-state index < -0.39 is 5.56 Å². The third-order valence-electron chi connectivity index (χ3n) is 4.37. The number of carbonyl (C=O) groups is 1. The van der Waals surface area contributed by atoms with Crippen molar-refractivity contribution >= 4 is 37.5 Å². The van der Waals surface area contributed by atoms with Crippen molar-refractivity contribution in [3.63, 3.8) is 0 Å². The summed E-state index contributed by atoms with van der Waals surface area (Å²) in [5.41, 5.74) is 2.10. The lowest BCUT2D eigenvalue weighted by Gasteiger charge is -2.13. The van der Waals surface area contributed by atoms with Crippen LogP contribution in [0.3, 0.4) is 0 Å². The molecule has 2 aromatic heterocycles. The topological polar surface area (TPSA) is 143 Å². The van der Waals surface area contributed by atoms with Crippen molar-refractivity contribution < 1.29 is 19.4 Å². The molecule has 0 unspecified atom stereocenters. The Morgan fingerprint density at radius 1 is 1.13 bits per heavy atom. The number of nitrogens with one attached hydrogen (secondary N) is 2. The average Bonchev–Trinajstić information content (AvgIpc) is 3.22. The maximum absolute atomic E-state index is 12.2. The summed E-state index contributed by atoms with van der Waals surface area (Å²) in [5, 5.41) is 19.9. The highest BCUT2D eigenvalue weighted by molar-refractivity contribution is 14.1. The van der Waals surface area contributed by atoms with Gasteiger partial charge in [-0.3, -0.25) is 9.59 Å². The highest BCUT2D eigenvalue weighted by atomic mass is 127. The largest absolute Gasteiger partial charge is 0.504 e. The molecule has 0 aliphatic heterocycles. The number of rotatable bonds is 7. The highest BCUT2D eigenvalue weighted by Gasteiger charge is 2.15. The van der Waals surface area contributed by atoms with Gasteiger partial charge in [-0.15, -0.1) is 5.10 Å². The summed E-state index contributed by atoms with van der Waals surface area (Å²) in [6.45, 7) is 2.10. The Bertz CT molecular complexity index is 1330. The molecule has 2 heterocycles. The summed E-state index contributed by atoms with van der Waals surface area (Å²) in [5.74, 6) is 0.959. The number of aromatic amines is 2. The first-order valence-corrected chi connectivity index (χ1v) is 10.3. The first kappa shape index (κ1) is 20.8. The molecule has 2 aromatic carbocycles. The van der Waals surface area contributed by atoms with Crippen LogP contribution in [-0.2, 0) is 4.79 Å². The van der Waals surface area contributed by atoms with Gasteiger partial charge in [-0.1, -0.05) is 17.3 Å². The molecule has 0 atom stereocenters. The zero-order valence-corrected chi connectivity index (χ0v) is 18.3. The fraction of sp³-hybridized carbons (Fsp3) is 0.150. The maximum atomic E-state index is 12.2. The van der Waals surface area contributed by atoms with E-state index >= 15 is 0 Å². The second-order valence-corrected chi connectivity index (χ2v) is 7.60. The van der Waals surface area contributed by atoms with Crippen LogP contribution < -0.4 is 15.0 Å². The normalized spacial score (nSPS) is 10.9. The van der Waals surface area contributed by atoms with Gasteiger partial charge in [0.15, 0.2) is 29.3 Å². The molecule has 4 aromatic rings. The number of phenolic OH excluding ortho intramolecular Hbond substituents is 1. The van der Waals surface area contributed by atoms with E-state index in [1.165, 1.54) is 6.07 Å². The van der Waals surface area contributed by atoms with E-state index in [1.807, 2.05) is 13.0 Å². The number of aromatic hydroxyl groups is 1. The van der Waals surface area contributed by atoms with E-state index in [4.69, 9.17) is 9.47 Å². The van der Waals surface area contributed by atoms with Crippen molar-refractivity contribution in [2.75, 3.05) is 13.2 Å². The Labute approximate surface area is 188 Å².